The normalized spacial score (nSPS) is 18.5. The molecule has 3 unspecified atom stereocenters. The molecule has 0 N–H and O–H groups in total. The lowest BCUT2D eigenvalue weighted by Gasteiger charge is -2.36. The minimum atomic E-state index is -4.02. The van der Waals surface area contributed by atoms with Gasteiger partial charge in [0, 0.05) is 13.0 Å². The van der Waals surface area contributed by atoms with Crippen LogP contribution in [0.4, 0.5) is 0 Å². The maximum Gasteiger partial charge on any atom is 0.324 e. The van der Waals surface area contributed by atoms with Crippen molar-refractivity contribution in [1.29, 1.82) is 0 Å². The van der Waals surface area contributed by atoms with Crippen molar-refractivity contribution in [1.82, 2.24) is 0 Å². The van der Waals surface area contributed by atoms with Crippen LogP contribution < -0.4 is 0 Å². The van der Waals surface area contributed by atoms with E-state index in [0.717, 1.165) is 19.3 Å². The van der Waals surface area contributed by atoms with E-state index in [-0.39, 0.29) is 35.4 Å². The van der Waals surface area contributed by atoms with E-state index in [2.05, 4.69) is 45.7 Å². The van der Waals surface area contributed by atoms with Gasteiger partial charge in [0.05, 0.1) is 24.7 Å². The minimum Gasteiger partial charge on any atom is -0.468 e. The van der Waals surface area contributed by atoms with Gasteiger partial charge in [0.2, 0.25) is 0 Å². The summed E-state index contributed by atoms with van der Waals surface area (Å²) in [5.74, 6) is 5.20. The first kappa shape index (κ1) is 33.2. The van der Waals surface area contributed by atoms with Gasteiger partial charge in [-0.1, -0.05) is 45.0 Å². The van der Waals surface area contributed by atoms with Gasteiger partial charge in [0.15, 0.2) is 29.7 Å². The molecule has 1 aromatic carbocycles. The predicted octanol–water partition coefficient (Wildman–Crippen LogP) is 6.06. The van der Waals surface area contributed by atoms with Gasteiger partial charge in [-0.25, -0.2) is 8.42 Å². The number of sulfone groups is 1. The molecule has 0 bridgehead atoms. The van der Waals surface area contributed by atoms with E-state index >= 15 is 0 Å². The summed E-state index contributed by atoms with van der Waals surface area (Å²) in [7, 11) is -4.99. The van der Waals surface area contributed by atoms with Gasteiger partial charge in [-0.05, 0) is 74.9 Å². The second kappa shape index (κ2) is 15.2. The van der Waals surface area contributed by atoms with Crippen LogP contribution in [0.1, 0.15) is 66.2 Å². The number of rotatable bonds is 13. The van der Waals surface area contributed by atoms with Crippen LogP contribution in [0.3, 0.4) is 0 Å². The van der Waals surface area contributed by atoms with Crippen LogP contribution in [0.15, 0.2) is 46.9 Å². The van der Waals surface area contributed by atoms with E-state index in [1.165, 1.54) is 19.2 Å². The molecule has 7 nitrogen and oxygen atoms in total. The Morgan fingerprint density at radius 2 is 1.90 bits per heavy atom. The second-order valence-electron chi connectivity index (χ2n) is 11.4. The molecule has 1 aliphatic heterocycles. The Hall–Kier alpha value is -1.96. The zero-order valence-corrected chi connectivity index (χ0v) is 26.4. The largest absolute Gasteiger partial charge is 0.468 e. The lowest BCUT2D eigenvalue weighted by molar-refractivity contribution is -0.179. The summed E-state index contributed by atoms with van der Waals surface area (Å²) in [5, 5.41) is -1.46. The molecule has 3 atom stereocenters. The number of esters is 1. The predicted molar refractivity (Wildman–Crippen MR) is 156 cm³/mol. The number of hydrogen-bond acceptors (Lipinski definition) is 7. The van der Waals surface area contributed by atoms with Gasteiger partial charge >= 0.3 is 5.97 Å². The number of hydrogen-bond donors (Lipinski definition) is 0. The maximum atomic E-state index is 13.6. The molecule has 0 spiro atoms. The summed E-state index contributed by atoms with van der Waals surface area (Å²) in [6.07, 6.45) is 5.20. The summed E-state index contributed by atoms with van der Waals surface area (Å²) in [4.78, 5) is 13.0. The highest BCUT2D eigenvalue weighted by molar-refractivity contribution is 7.92. The molecular weight excluding hydrogens is 532 g/mol. The summed E-state index contributed by atoms with van der Waals surface area (Å²) < 4.78 is 50.9. The first-order valence-corrected chi connectivity index (χ1v) is 18.1. The van der Waals surface area contributed by atoms with Crippen molar-refractivity contribution >= 4 is 24.1 Å². The number of carbonyl (C=O) groups excluding carboxylic acids is 1. The molecule has 2 rings (SSSR count). The highest BCUT2D eigenvalue weighted by Gasteiger charge is 2.39. The first-order chi connectivity index (χ1) is 18.3. The fourth-order valence-corrected chi connectivity index (χ4v) is 6.56. The third kappa shape index (κ3) is 10.2. The van der Waals surface area contributed by atoms with Gasteiger partial charge in [-0.15, -0.1) is 11.8 Å². The first-order valence-electron chi connectivity index (χ1n) is 13.7. The van der Waals surface area contributed by atoms with E-state index < -0.39 is 29.4 Å². The highest BCUT2D eigenvalue weighted by atomic mass is 32.2. The van der Waals surface area contributed by atoms with Crippen molar-refractivity contribution in [2.24, 2.45) is 0 Å². The SMILES string of the molecule is CC#CCCC(/C=C(/CO[Si](C)(C)C(C)(C)C)CC(C(=O)OC)S(=O)(=O)c1ccccc1)OC1CCCCO1. The second-order valence-corrected chi connectivity index (χ2v) is 18.3. The van der Waals surface area contributed by atoms with Crippen molar-refractivity contribution in [3.8, 4) is 11.8 Å². The summed E-state index contributed by atoms with van der Waals surface area (Å²) in [5.41, 5.74) is 0.681. The summed E-state index contributed by atoms with van der Waals surface area (Å²) in [6, 6.07) is 8.01. The van der Waals surface area contributed by atoms with Gasteiger partial charge in [0.1, 0.15) is 0 Å². The average Bonchev–Trinajstić information content (AvgIpc) is 2.90. The third-order valence-corrected chi connectivity index (χ3v) is 13.9. The molecule has 39 heavy (non-hydrogen) atoms. The van der Waals surface area contributed by atoms with E-state index in [0.29, 0.717) is 25.0 Å². The maximum absolute atomic E-state index is 13.6. The Morgan fingerprint density at radius 1 is 1.21 bits per heavy atom. The van der Waals surface area contributed by atoms with Crippen LogP contribution in [0.5, 0.6) is 0 Å². The van der Waals surface area contributed by atoms with Crippen LogP contribution in [0.25, 0.3) is 0 Å². The smallest absolute Gasteiger partial charge is 0.324 e. The number of methoxy groups -OCH3 is 1. The Kier molecular flexibility index (Phi) is 12.9. The summed E-state index contributed by atoms with van der Waals surface area (Å²) in [6.45, 7) is 13.4. The number of benzene rings is 1. The molecule has 0 amide bonds. The Morgan fingerprint density at radius 3 is 2.46 bits per heavy atom. The van der Waals surface area contributed by atoms with Gasteiger partial charge in [-0.3, -0.25) is 4.79 Å². The number of carbonyl (C=O) groups is 1. The zero-order valence-electron chi connectivity index (χ0n) is 24.6. The Labute approximate surface area is 236 Å². The third-order valence-electron chi connectivity index (χ3n) is 7.40. The van der Waals surface area contributed by atoms with Gasteiger partial charge in [-0.2, -0.15) is 0 Å². The molecule has 1 aromatic rings. The summed E-state index contributed by atoms with van der Waals surface area (Å²) >= 11 is 0. The molecule has 0 aromatic heterocycles. The molecule has 1 saturated heterocycles. The molecular formula is C30H46O7SSi. The Balaban J connectivity index is 2.48. The molecule has 0 radical (unpaired) electrons. The quantitative estimate of drug-likeness (QED) is 0.122. The molecule has 1 heterocycles. The van der Waals surface area contributed by atoms with Crippen LogP contribution in [0.2, 0.25) is 18.1 Å². The molecule has 1 aliphatic rings. The lowest BCUT2D eigenvalue weighted by atomic mass is 10.1. The van der Waals surface area contributed by atoms with Crippen LogP contribution >= 0.6 is 0 Å². The molecule has 0 aliphatic carbocycles. The monoisotopic (exact) mass is 578 g/mol. The van der Waals surface area contributed by atoms with E-state index in [4.69, 9.17) is 18.6 Å². The number of ether oxygens (including phenoxy) is 3. The minimum absolute atomic E-state index is 0.0431. The van der Waals surface area contributed by atoms with Crippen molar-refractivity contribution in [2.75, 3.05) is 20.3 Å². The molecule has 218 valence electrons. The lowest BCUT2D eigenvalue weighted by Crippen LogP contribution is -2.41. The van der Waals surface area contributed by atoms with Crippen LogP contribution in [-0.4, -0.2) is 60.7 Å². The van der Waals surface area contributed by atoms with Crippen molar-refractivity contribution in [3.63, 3.8) is 0 Å². The van der Waals surface area contributed by atoms with Crippen molar-refractivity contribution in [2.45, 2.75) is 107 Å². The standard InChI is InChI=1S/C30H46O7SSi/c1-8-9-11-16-25(37-28-19-14-15-20-35-28)21-24(23-36-39(6,7)30(2,3)4)22-27(29(31)34-5)38(32,33)26-17-12-10-13-18-26/h10,12-13,17-18,21,25,27-28H,11,14-16,19-20,22-23H2,1-7H3/b24-21+. The fourth-order valence-electron chi connectivity index (χ4n) is 3.93. The van der Waals surface area contributed by atoms with Gasteiger partial charge < -0.3 is 18.6 Å². The molecule has 1 fully saturated rings. The van der Waals surface area contributed by atoms with E-state index in [1.54, 1.807) is 25.1 Å². The van der Waals surface area contributed by atoms with E-state index in [1.807, 2.05) is 6.08 Å². The average molecular weight is 579 g/mol. The molecule has 9 heteroatoms. The van der Waals surface area contributed by atoms with E-state index in [9.17, 15) is 13.2 Å². The fraction of sp³-hybridized carbons (Fsp3) is 0.633. The van der Waals surface area contributed by atoms with Crippen LogP contribution in [-0.2, 0) is 33.3 Å². The van der Waals surface area contributed by atoms with Crippen molar-refractivity contribution in [3.05, 3.63) is 42.0 Å². The van der Waals surface area contributed by atoms with Crippen molar-refractivity contribution < 1.29 is 31.8 Å². The zero-order chi connectivity index (χ0) is 29.1. The Bertz CT molecular complexity index is 1110. The van der Waals surface area contributed by atoms with Crippen LogP contribution in [0, 0.1) is 11.8 Å². The highest BCUT2D eigenvalue weighted by Crippen LogP contribution is 2.37. The van der Waals surface area contributed by atoms with Gasteiger partial charge in [0.25, 0.3) is 0 Å². The topological polar surface area (TPSA) is 88.1 Å². The molecule has 0 saturated carbocycles.